The number of nitrogens with zero attached hydrogens (tertiary/aromatic N) is 2. The fraction of sp³-hybridized carbons (Fsp3) is 0.643. The van der Waals surface area contributed by atoms with Crippen LogP contribution in [0.5, 0.6) is 0 Å². The van der Waals surface area contributed by atoms with E-state index in [4.69, 9.17) is 4.42 Å². The molecule has 1 fully saturated rings. The van der Waals surface area contributed by atoms with Crippen LogP contribution in [0.25, 0.3) is 0 Å². The number of furan rings is 1. The molecule has 2 rings (SSSR count). The van der Waals surface area contributed by atoms with Gasteiger partial charge in [-0.15, -0.1) is 0 Å². The molecular formula is C14H21N3O4. The van der Waals surface area contributed by atoms with Gasteiger partial charge in [0.05, 0.1) is 6.07 Å². The fourth-order valence-corrected chi connectivity index (χ4v) is 2.63. The molecule has 2 atom stereocenters. The Kier molecular flexibility index (Phi) is 4.95. The van der Waals surface area contributed by atoms with Crippen molar-refractivity contribution >= 4 is 11.8 Å². The molecule has 1 saturated heterocycles. The summed E-state index contributed by atoms with van der Waals surface area (Å²) in [5.41, 5.74) is 0. The van der Waals surface area contributed by atoms with Crippen LogP contribution in [0.15, 0.2) is 16.5 Å². The summed E-state index contributed by atoms with van der Waals surface area (Å²) in [7, 11) is 0. The minimum absolute atomic E-state index is 0.0269. The molecule has 7 heteroatoms. The summed E-state index contributed by atoms with van der Waals surface area (Å²) in [5, 5.41) is 13.3. The summed E-state index contributed by atoms with van der Waals surface area (Å²) in [6.07, 6.45) is 2.44. The highest BCUT2D eigenvalue weighted by Gasteiger charge is 2.22. The quantitative estimate of drug-likeness (QED) is 0.663. The lowest BCUT2D eigenvalue weighted by Crippen LogP contribution is -2.46. The SMILES string of the molecule is C[C@@H]1CCCN([C@H](C)CNC(=O)c2ccc([N+](=O)[O-])o2)C1. The van der Waals surface area contributed by atoms with E-state index < -0.39 is 16.7 Å². The Hall–Kier alpha value is -1.89. The van der Waals surface area contributed by atoms with Gasteiger partial charge in [-0.2, -0.15) is 0 Å². The van der Waals surface area contributed by atoms with E-state index in [-0.39, 0.29) is 11.8 Å². The van der Waals surface area contributed by atoms with Crippen LogP contribution < -0.4 is 5.32 Å². The molecule has 0 aromatic carbocycles. The summed E-state index contributed by atoms with van der Waals surface area (Å²) in [6, 6.07) is 2.74. The summed E-state index contributed by atoms with van der Waals surface area (Å²) < 4.78 is 4.88. The smallest absolute Gasteiger partial charge is 0.395 e. The van der Waals surface area contributed by atoms with Crippen molar-refractivity contribution in [1.82, 2.24) is 10.2 Å². The van der Waals surface area contributed by atoms with E-state index in [1.54, 1.807) is 0 Å². The topological polar surface area (TPSA) is 88.6 Å². The first-order valence-corrected chi connectivity index (χ1v) is 7.24. The van der Waals surface area contributed by atoms with E-state index in [9.17, 15) is 14.9 Å². The molecule has 116 valence electrons. The van der Waals surface area contributed by atoms with Crippen LogP contribution in [-0.4, -0.2) is 41.4 Å². The highest BCUT2D eigenvalue weighted by molar-refractivity contribution is 5.91. The van der Waals surface area contributed by atoms with Gasteiger partial charge in [0.25, 0.3) is 5.91 Å². The van der Waals surface area contributed by atoms with Gasteiger partial charge in [-0.25, -0.2) is 0 Å². The third-order valence-corrected chi connectivity index (χ3v) is 3.87. The Labute approximate surface area is 123 Å². The Morgan fingerprint density at radius 3 is 3.00 bits per heavy atom. The van der Waals surface area contributed by atoms with Crippen molar-refractivity contribution in [2.24, 2.45) is 5.92 Å². The predicted molar refractivity (Wildman–Crippen MR) is 77.1 cm³/mol. The number of carbonyl (C=O) groups is 1. The largest absolute Gasteiger partial charge is 0.433 e. The van der Waals surface area contributed by atoms with Gasteiger partial charge in [0.1, 0.15) is 4.92 Å². The van der Waals surface area contributed by atoms with Gasteiger partial charge in [0.15, 0.2) is 5.76 Å². The minimum Gasteiger partial charge on any atom is -0.395 e. The van der Waals surface area contributed by atoms with Crippen LogP contribution in [-0.2, 0) is 0 Å². The number of hydrogen-bond acceptors (Lipinski definition) is 5. The minimum atomic E-state index is -0.658. The van der Waals surface area contributed by atoms with Crippen LogP contribution in [0.1, 0.15) is 37.2 Å². The second-order valence-electron chi connectivity index (χ2n) is 5.70. The molecular weight excluding hydrogens is 274 g/mol. The van der Waals surface area contributed by atoms with Crippen molar-refractivity contribution in [3.05, 3.63) is 28.0 Å². The monoisotopic (exact) mass is 295 g/mol. The van der Waals surface area contributed by atoms with Gasteiger partial charge in [-0.05, 0) is 38.3 Å². The zero-order chi connectivity index (χ0) is 15.4. The number of amides is 1. The first-order chi connectivity index (χ1) is 9.97. The molecule has 0 bridgehead atoms. The van der Waals surface area contributed by atoms with Crippen molar-refractivity contribution in [3.8, 4) is 0 Å². The number of rotatable bonds is 5. The lowest BCUT2D eigenvalue weighted by molar-refractivity contribution is -0.402. The molecule has 21 heavy (non-hydrogen) atoms. The van der Waals surface area contributed by atoms with Crippen LogP contribution in [0.3, 0.4) is 0 Å². The Morgan fingerprint density at radius 2 is 2.38 bits per heavy atom. The molecule has 0 unspecified atom stereocenters. The predicted octanol–water partition coefficient (Wildman–Crippen LogP) is 2.04. The molecule has 7 nitrogen and oxygen atoms in total. The molecule has 1 N–H and O–H groups in total. The first-order valence-electron chi connectivity index (χ1n) is 7.24. The number of piperidine rings is 1. The summed E-state index contributed by atoms with van der Waals surface area (Å²) in [4.78, 5) is 24.1. The van der Waals surface area contributed by atoms with Crippen molar-refractivity contribution in [3.63, 3.8) is 0 Å². The molecule has 0 saturated carbocycles. The number of carbonyl (C=O) groups excluding carboxylic acids is 1. The number of nitro groups is 1. The molecule has 0 radical (unpaired) electrons. The van der Waals surface area contributed by atoms with E-state index in [0.717, 1.165) is 13.1 Å². The van der Waals surface area contributed by atoms with Gasteiger partial charge >= 0.3 is 5.88 Å². The second-order valence-corrected chi connectivity index (χ2v) is 5.70. The maximum atomic E-state index is 11.9. The fourth-order valence-electron chi connectivity index (χ4n) is 2.63. The van der Waals surface area contributed by atoms with Crippen LogP contribution in [0.2, 0.25) is 0 Å². The van der Waals surface area contributed by atoms with Gasteiger partial charge in [-0.1, -0.05) is 6.92 Å². The zero-order valence-corrected chi connectivity index (χ0v) is 12.4. The third kappa shape index (κ3) is 4.04. The second kappa shape index (κ2) is 6.71. The summed E-state index contributed by atoms with van der Waals surface area (Å²) in [5.74, 6) is -0.177. The number of likely N-dealkylation sites (tertiary alicyclic amines) is 1. The molecule has 1 aromatic heterocycles. The van der Waals surface area contributed by atoms with Crippen molar-refractivity contribution in [2.75, 3.05) is 19.6 Å². The van der Waals surface area contributed by atoms with Crippen LogP contribution >= 0.6 is 0 Å². The average Bonchev–Trinajstić information content (AvgIpc) is 2.94. The standard InChI is InChI=1S/C14H21N3O4/c1-10-4-3-7-16(9-10)11(2)8-15-14(18)12-5-6-13(21-12)17(19)20/h5-6,10-11H,3-4,7-9H2,1-2H3,(H,15,18)/t10-,11-/m1/s1. The molecule has 1 aromatic rings. The number of hydrogen-bond donors (Lipinski definition) is 1. The Bertz CT molecular complexity index is 514. The highest BCUT2D eigenvalue weighted by atomic mass is 16.6. The van der Waals surface area contributed by atoms with E-state index in [1.807, 2.05) is 0 Å². The third-order valence-electron chi connectivity index (χ3n) is 3.87. The first kappa shape index (κ1) is 15.5. The van der Waals surface area contributed by atoms with Gasteiger partial charge in [0.2, 0.25) is 0 Å². The molecule has 0 spiro atoms. The number of nitrogens with one attached hydrogen (secondary N) is 1. The molecule has 1 aliphatic heterocycles. The van der Waals surface area contributed by atoms with Crippen molar-refractivity contribution in [1.29, 1.82) is 0 Å². The van der Waals surface area contributed by atoms with Crippen LogP contribution in [0, 0.1) is 16.0 Å². The van der Waals surface area contributed by atoms with Crippen molar-refractivity contribution < 1.29 is 14.1 Å². The Morgan fingerprint density at radius 1 is 1.62 bits per heavy atom. The average molecular weight is 295 g/mol. The Balaban J connectivity index is 1.83. The van der Waals surface area contributed by atoms with E-state index in [1.165, 1.54) is 25.0 Å². The maximum absolute atomic E-state index is 11.9. The van der Waals surface area contributed by atoms with Crippen LogP contribution in [0.4, 0.5) is 5.88 Å². The zero-order valence-electron chi connectivity index (χ0n) is 12.4. The van der Waals surface area contributed by atoms with Gasteiger partial charge in [0, 0.05) is 19.1 Å². The maximum Gasteiger partial charge on any atom is 0.433 e. The molecule has 1 aliphatic rings. The van der Waals surface area contributed by atoms with E-state index >= 15 is 0 Å². The van der Waals surface area contributed by atoms with E-state index in [2.05, 4.69) is 24.1 Å². The lowest BCUT2D eigenvalue weighted by Gasteiger charge is -2.35. The summed E-state index contributed by atoms with van der Waals surface area (Å²) >= 11 is 0. The van der Waals surface area contributed by atoms with E-state index in [0.29, 0.717) is 12.5 Å². The summed E-state index contributed by atoms with van der Waals surface area (Å²) in [6.45, 7) is 6.90. The highest BCUT2D eigenvalue weighted by Crippen LogP contribution is 2.18. The molecule has 2 heterocycles. The normalized spacial score (nSPS) is 21.0. The van der Waals surface area contributed by atoms with Gasteiger partial charge < -0.3 is 9.73 Å². The molecule has 0 aliphatic carbocycles. The van der Waals surface area contributed by atoms with Crippen molar-refractivity contribution in [2.45, 2.75) is 32.7 Å². The van der Waals surface area contributed by atoms with Gasteiger partial charge in [-0.3, -0.25) is 19.8 Å². The lowest BCUT2D eigenvalue weighted by atomic mass is 9.99. The molecule has 1 amide bonds.